The fourth-order valence-electron chi connectivity index (χ4n) is 3.32. The van der Waals surface area contributed by atoms with Gasteiger partial charge in [-0.15, -0.1) is 0 Å². The second-order valence-electron chi connectivity index (χ2n) is 6.11. The van der Waals surface area contributed by atoms with Gasteiger partial charge >= 0.3 is 0 Å². The first-order valence-corrected chi connectivity index (χ1v) is 7.45. The average molecular weight is 260 g/mol. The molecule has 3 nitrogen and oxygen atoms in total. The van der Waals surface area contributed by atoms with E-state index in [1.165, 1.54) is 24.9 Å². The number of aliphatic hydroxyl groups is 1. The Hall–Kier alpha value is -1.06. The number of hydrogen-bond donors (Lipinski definition) is 1. The maximum atomic E-state index is 9.56. The second kappa shape index (κ2) is 5.51. The van der Waals surface area contributed by atoms with Gasteiger partial charge in [-0.2, -0.15) is 0 Å². The van der Waals surface area contributed by atoms with Crippen molar-refractivity contribution in [3.63, 3.8) is 0 Å². The van der Waals surface area contributed by atoms with Gasteiger partial charge in [0.25, 0.3) is 0 Å². The van der Waals surface area contributed by atoms with Gasteiger partial charge < -0.3 is 10.0 Å². The van der Waals surface area contributed by atoms with E-state index in [2.05, 4.69) is 40.1 Å². The minimum Gasteiger partial charge on any atom is -0.396 e. The number of hydrogen-bond acceptors (Lipinski definition) is 3. The molecule has 0 atom stereocenters. The van der Waals surface area contributed by atoms with Gasteiger partial charge in [-0.05, 0) is 25.0 Å². The van der Waals surface area contributed by atoms with E-state index in [1.54, 1.807) is 0 Å². The van der Waals surface area contributed by atoms with E-state index >= 15 is 0 Å². The van der Waals surface area contributed by atoms with Crippen molar-refractivity contribution in [3.05, 3.63) is 30.3 Å². The summed E-state index contributed by atoms with van der Waals surface area (Å²) in [6.45, 7) is 5.91. The van der Waals surface area contributed by atoms with Gasteiger partial charge in [0.05, 0.1) is 0 Å². The number of nitrogens with zero attached hydrogens (tertiary/aromatic N) is 2. The largest absolute Gasteiger partial charge is 0.396 e. The molecule has 0 aromatic heterocycles. The summed E-state index contributed by atoms with van der Waals surface area (Å²) in [5.41, 5.74) is 1.57. The summed E-state index contributed by atoms with van der Waals surface area (Å²) in [6.07, 6.45) is 3.72. The number of aliphatic hydroxyl groups excluding tert-OH is 1. The van der Waals surface area contributed by atoms with Crippen LogP contribution in [0.1, 0.15) is 19.3 Å². The molecular formula is C16H24N2O. The fraction of sp³-hybridized carbons (Fsp3) is 0.625. The Kier molecular flexibility index (Phi) is 3.76. The molecule has 1 aromatic rings. The molecule has 0 bridgehead atoms. The fourth-order valence-corrected chi connectivity index (χ4v) is 3.32. The summed E-state index contributed by atoms with van der Waals surface area (Å²) < 4.78 is 0. The van der Waals surface area contributed by atoms with Gasteiger partial charge in [0.15, 0.2) is 0 Å². The summed E-state index contributed by atoms with van der Waals surface area (Å²) in [5, 5.41) is 9.56. The Balaban J connectivity index is 1.52. The van der Waals surface area contributed by atoms with E-state index in [-0.39, 0.29) is 5.41 Å². The van der Waals surface area contributed by atoms with Crippen LogP contribution >= 0.6 is 0 Å². The molecule has 1 aromatic carbocycles. The van der Waals surface area contributed by atoms with Crippen LogP contribution in [0.3, 0.4) is 0 Å². The van der Waals surface area contributed by atoms with Crippen LogP contribution < -0.4 is 4.90 Å². The number of benzene rings is 1. The first-order chi connectivity index (χ1) is 9.31. The highest BCUT2D eigenvalue weighted by atomic mass is 16.3. The van der Waals surface area contributed by atoms with Crippen LogP contribution in [0.5, 0.6) is 0 Å². The zero-order chi connectivity index (χ0) is 13.1. The third-order valence-corrected chi connectivity index (χ3v) is 4.80. The predicted octanol–water partition coefficient (Wildman–Crippen LogP) is 1.97. The molecule has 19 heavy (non-hydrogen) atoms. The van der Waals surface area contributed by atoms with E-state index in [9.17, 15) is 5.11 Å². The molecule has 1 heterocycles. The highest BCUT2D eigenvalue weighted by molar-refractivity contribution is 5.46. The van der Waals surface area contributed by atoms with Crippen molar-refractivity contribution in [2.75, 3.05) is 44.2 Å². The zero-order valence-corrected chi connectivity index (χ0v) is 11.6. The van der Waals surface area contributed by atoms with Crippen molar-refractivity contribution < 1.29 is 5.11 Å². The van der Waals surface area contributed by atoms with Crippen molar-refractivity contribution in [2.45, 2.75) is 19.3 Å². The molecule has 1 aliphatic carbocycles. The molecule has 1 aliphatic heterocycles. The van der Waals surface area contributed by atoms with Gasteiger partial charge in [-0.3, -0.25) is 4.90 Å². The van der Waals surface area contributed by atoms with Crippen molar-refractivity contribution >= 4 is 5.69 Å². The Bertz CT molecular complexity index is 389. The quantitative estimate of drug-likeness (QED) is 0.896. The summed E-state index contributed by atoms with van der Waals surface area (Å²) in [7, 11) is 0. The zero-order valence-electron chi connectivity index (χ0n) is 11.6. The van der Waals surface area contributed by atoms with E-state index in [4.69, 9.17) is 0 Å². The number of piperazine rings is 1. The van der Waals surface area contributed by atoms with Crippen molar-refractivity contribution in [2.24, 2.45) is 5.41 Å². The van der Waals surface area contributed by atoms with Crippen molar-refractivity contribution in [3.8, 4) is 0 Å². The molecule has 0 radical (unpaired) electrons. The van der Waals surface area contributed by atoms with E-state index in [1.807, 2.05) is 0 Å². The number of anilines is 1. The molecule has 1 saturated heterocycles. The average Bonchev–Trinajstić information content (AvgIpc) is 2.45. The minimum atomic E-state index is 0.231. The van der Waals surface area contributed by atoms with Gasteiger partial charge in [0.2, 0.25) is 0 Å². The maximum absolute atomic E-state index is 9.56. The summed E-state index contributed by atoms with van der Waals surface area (Å²) in [5.74, 6) is 0. The summed E-state index contributed by atoms with van der Waals surface area (Å²) >= 11 is 0. The number of para-hydroxylation sites is 1. The molecule has 0 unspecified atom stereocenters. The Morgan fingerprint density at radius 2 is 1.68 bits per heavy atom. The van der Waals surface area contributed by atoms with Crippen LogP contribution in [0.25, 0.3) is 0 Å². The second-order valence-corrected chi connectivity index (χ2v) is 6.11. The summed E-state index contributed by atoms with van der Waals surface area (Å²) in [6, 6.07) is 10.7. The molecule has 104 valence electrons. The lowest BCUT2D eigenvalue weighted by Gasteiger charge is -2.46. The third kappa shape index (κ3) is 2.77. The van der Waals surface area contributed by atoms with Gasteiger partial charge in [-0.25, -0.2) is 0 Å². The topological polar surface area (TPSA) is 26.7 Å². The molecule has 3 heteroatoms. The summed E-state index contributed by atoms with van der Waals surface area (Å²) in [4.78, 5) is 5.00. The van der Waals surface area contributed by atoms with Gasteiger partial charge in [0.1, 0.15) is 0 Å². The lowest BCUT2D eigenvalue weighted by atomic mass is 9.69. The standard InChI is InChI=1S/C16H24N2O/c19-14-16(7-4-8-16)13-17-9-11-18(12-10-17)15-5-2-1-3-6-15/h1-3,5-6,19H,4,7-14H2. The third-order valence-electron chi connectivity index (χ3n) is 4.80. The van der Waals surface area contributed by atoms with Crippen LogP contribution in [0.15, 0.2) is 30.3 Å². The van der Waals surface area contributed by atoms with Crippen LogP contribution in [-0.2, 0) is 0 Å². The first-order valence-electron chi connectivity index (χ1n) is 7.45. The monoisotopic (exact) mass is 260 g/mol. The Morgan fingerprint density at radius 3 is 2.21 bits per heavy atom. The maximum Gasteiger partial charge on any atom is 0.0499 e. The molecule has 2 fully saturated rings. The van der Waals surface area contributed by atoms with E-state index in [0.717, 1.165) is 32.7 Å². The Morgan fingerprint density at radius 1 is 1.00 bits per heavy atom. The van der Waals surface area contributed by atoms with E-state index < -0.39 is 0 Å². The van der Waals surface area contributed by atoms with Gasteiger partial charge in [-0.1, -0.05) is 24.6 Å². The van der Waals surface area contributed by atoms with E-state index in [0.29, 0.717) is 6.61 Å². The normalized spacial score (nSPS) is 23.1. The smallest absolute Gasteiger partial charge is 0.0499 e. The van der Waals surface area contributed by atoms with Crippen LogP contribution in [0.2, 0.25) is 0 Å². The first kappa shape index (κ1) is 12.9. The lowest BCUT2D eigenvalue weighted by molar-refractivity contribution is 0.00647. The van der Waals surface area contributed by atoms with Crippen molar-refractivity contribution in [1.29, 1.82) is 0 Å². The molecule has 0 spiro atoms. The van der Waals surface area contributed by atoms with Crippen LogP contribution in [0.4, 0.5) is 5.69 Å². The number of rotatable bonds is 4. The molecule has 3 rings (SSSR count). The molecule has 1 saturated carbocycles. The molecule has 2 aliphatic rings. The molecule has 1 N–H and O–H groups in total. The van der Waals surface area contributed by atoms with Crippen LogP contribution in [-0.4, -0.2) is 49.3 Å². The highest BCUT2D eigenvalue weighted by Crippen LogP contribution is 2.41. The van der Waals surface area contributed by atoms with Crippen molar-refractivity contribution in [1.82, 2.24) is 4.90 Å². The molecule has 0 amide bonds. The van der Waals surface area contributed by atoms with Crippen LogP contribution in [0, 0.1) is 5.41 Å². The Labute approximate surface area is 115 Å². The molecular weight excluding hydrogens is 236 g/mol. The van der Waals surface area contributed by atoms with Gasteiger partial charge in [0, 0.05) is 50.4 Å². The SMILES string of the molecule is OCC1(CN2CCN(c3ccccc3)CC2)CCC1. The predicted molar refractivity (Wildman–Crippen MR) is 78.5 cm³/mol. The highest BCUT2D eigenvalue weighted by Gasteiger charge is 2.38. The lowest BCUT2D eigenvalue weighted by Crippen LogP contribution is -2.52. The minimum absolute atomic E-state index is 0.231.